The highest BCUT2D eigenvalue weighted by atomic mass is 16.3. The van der Waals surface area contributed by atoms with Gasteiger partial charge in [0.15, 0.2) is 0 Å². The lowest BCUT2D eigenvalue weighted by atomic mass is 9.79. The van der Waals surface area contributed by atoms with Gasteiger partial charge in [0.25, 0.3) is 17.7 Å². The van der Waals surface area contributed by atoms with Crippen LogP contribution in [0.25, 0.3) is 0 Å². The first-order valence-electron chi connectivity index (χ1n) is 12.7. The van der Waals surface area contributed by atoms with Gasteiger partial charge in [-0.15, -0.1) is 0 Å². The van der Waals surface area contributed by atoms with Gasteiger partial charge >= 0.3 is 0 Å². The minimum Gasteiger partial charge on any atom is -0.394 e. The molecule has 1 aromatic rings. The summed E-state index contributed by atoms with van der Waals surface area (Å²) in [5.74, 6) is -2.40. The minimum atomic E-state index is -1.80. The first-order chi connectivity index (χ1) is 18.1. The quantitative estimate of drug-likeness (QED) is 0.132. The molecule has 1 aromatic carbocycles. The summed E-state index contributed by atoms with van der Waals surface area (Å²) in [7, 11) is 0. The third-order valence-electron chi connectivity index (χ3n) is 6.87. The van der Waals surface area contributed by atoms with E-state index in [1.54, 1.807) is 0 Å². The first-order valence-corrected chi connectivity index (χ1v) is 12.7. The molecule has 10 N–H and O–H groups in total. The number of benzene rings is 1. The maximum absolute atomic E-state index is 13.4. The standard InChI is InChI=1S/C26H42N4O9/c1-23(2)8-17(9-24(3,4)30-23)27-21(38)18-6-5-16(20(37)28-25(10-31,11-32)12-33)7-19(18)22(39)29-26(13-34,14-35)15-36/h5-7,17,30-36H,8-15H2,1-4H3,(H,27,38)(H,28,37)(H,29,39). The molecule has 1 saturated heterocycles. The van der Waals surface area contributed by atoms with Crippen molar-refractivity contribution in [1.82, 2.24) is 21.3 Å². The molecule has 0 saturated carbocycles. The van der Waals surface area contributed by atoms with Crippen LogP contribution < -0.4 is 21.3 Å². The molecule has 0 atom stereocenters. The van der Waals surface area contributed by atoms with Gasteiger partial charge in [-0.2, -0.15) is 0 Å². The van der Waals surface area contributed by atoms with Crippen molar-refractivity contribution >= 4 is 17.7 Å². The largest absolute Gasteiger partial charge is 0.394 e. The number of carbonyl (C=O) groups is 3. The van der Waals surface area contributed by atoms with Crippen molar-refractivity contribution in [3.63, 3.8) is 0 Å². The summed E-state index contributed by atoms with van der Waals surface area (Å²) in [6, 6.07) is 3.39. The summed E-state index contributed by atoms with van der Waals surface area (Å²) >= 11 is 0. The van der Waals surface area contributed by atoms with Crippen molar-refractivity contribution in [3.05, 3.63) is 34.9 Å². The van der Waals surface area contributed by atoms with Crippen LogP contribution in [0.3, 0.4) is 0 Å². The molecule has 0 unspecified atom stereocenters. The molecule has 0 aromatic heterocycles. The molecule has 1 aliphatic heterocycles. The highest BCUT2D eigenvalue weighted by Gasteiger charge is 2.39. The van der Waals surface area contributed by atoms with E-state index in [0.717, 1.165) is 6.07 Å². The minimum absolute atomic E-state index is 0.0985. The highest BCUT2D eigenvalue weighted by Crippen LogP contribution is 2.29. The number of aliphatic hydroxyl groups is 6. The summed E-state index contributed by atoms with van der Waals surface area (Å²) < 4.78 is 0. The molecule has 13 heteroatoms. The Morgan fingerprint density at radius 2 is 1.18 bits per heavy atom. The van der Waals surface area contributed by atoms with Gasteiger partial charge in [-0.25, -0.2) is 0 Å². The number of carbonyl (C=O) groups excluding carboxylic acids is 3. The van der Waals surface area contributed by atoms with Gasteiger partial charge in [-0.05, 0) is 58.7 Å². The lowest BCUT2D eigenvalue weighted by Gasteiger charge is -2.46. The second kappa shape index (κ2) is 12.7. The Morgan fingerprint density at radius 3 is 1.62 bits per heavy atom. The van der Waals surface area contributed by atoms with Crippen molar-refractivity contribution in [3.8, 4) is 0 Å². The molecule has 2 rings (SSSR count). The Balaban J connectivity index is 2.48. The third kappa shape index (κ3) is 7.94. The van der Waals surface area contributed by atoms with Crippen LogP contribution >= 0.6 is 0 Å². The molecular weight excluding hydrogens is 512 g/mol. The normalized spacial score (nSPS) is 17.4. The summed E-state index contributed by atoms with van der Waals surface area (Å²) in [6.07, 6.45) is 1.22. The van der Waals surface area contributed by atoms with Crippen LogP contribution in [0.15, 0.2) is 18.2 Å². The lowest BCUT2D eigenvalue weighted by Crippen LogP contribution is -2.62. The Morgan fingerprint density at radius 1 is 0.744 bits per heavy atom. The molecule has 0 radical (unpaired) electrons. The van der Waals surface area contributed by atoms with Crippen LogP contribution in [0.2, 0.25) is 0 Å². The lowest BCUT2D eigenvalue weighted by molar-refractivity contribution is 0.0371. The average Bonchev–Trinajstić information content (AvgIpc) is 2.88. The first kappa shape index (κ1) is 32.6. The number of nitrogens with one attached hydrogen (secondary N) is 4. The van der Waals surface area contributed by atoms with Crippen LogP contribution in [0.5, 0.6) is 0 Å². The summed E-state index contributed by atoms with van der Waals surface area (Å²) in [5, 5.41) is 68.8. The molecular formula is C26H42N4O9. The number of aliphatic hydroxyl groups excluding tert-OH is 6. The zero-order valence-electron chi connectivity index (χ0n) is 22.9. The summed E-state index contributed by atoms with van der Waals surface area (Å²) in [5.41, 5.74) is -4.60. The van der Waals surface area contributed by atoms with Gasteiger partial charge < -0.3 is 51.9 Å². The Hall–Kier alpha value is -2.65. The summed E-state index contributed by atoms with van der Waals surface area (Å²) in [4.78, 5) is 39.6. The van der Waals surface area contributed by atoms with Crippen LogP contribution in [0, 0.1) is 0 Å². The van der Waals surface area contributed by atoms with Gasteiger partial charge in [0.2, 0.25) is 0 Å². The molecule has 0 spiro atoms. The van der Waals surface area contributed by atoms with E-state index in [2.05, 4.69) is 21.3 Å². The smallest absolute Gasteiger partial charge is 0.252 e. The molecule has 220 valence electrons. The molecule has 1 heterocycles. The summed E-state index contributed by atoms with van der Waals surface area (Å²) in [6.45, 7) is 3.34. The predicted molar refractivity (Wildman–Crippen MR) is 141 cm³/mol. The fourth-order valence-electron chi connectivity index (χ4n) is 4.92. The van der Waals surface area contributed by atoms with Crippen molar-refractivity contribution in [1.29, 1.82) is 0 Å². The topological polar surface area (TPSA) is 221 Å². The van der Waals surface area contributed by atoms with E-state index in [-0.39, 0.29) is 33.8 Å². The zero-order valence-corrected chi connectivity index (χ0v) is 22.9. The van der Waals surface area contributed by atoms with E-state index in [9.17, 15) is 45.0 Å². The number of hydrogen-bond acceptors (Lipinski definition) is 10. The Kier molecular flexibility index (Phi) is 10.6. The van der Waals surface area contributed by atoms with Crippen molar-refractivity contribution in [2.75, 3.05) is 39.6 Å². The van der Waals surface area contributed by atoms with Gasteiger partial charge in [0.1, 0.15) is 11.1 Å². The second-order valence-electron chi connectivity index (χ2n) is 11.6. The van der Waals surface area contributed by atoms with Gasteiger partial charge in [0, 0.05) is 22.7 Å². The van der Waals surface area contributed by atoms with Crippen LogP contribution in [0.4, 0.5) is 0 Å². The average molecular weight is 555 g/mol. The number of hydrogen-bond donors (Lipinski definition) is 10. The number of rotatable bonds is 12. The van der Waals surface area contributed by atoms with E-state index in [0.29, 0.717) is 12.8 Å². The van der Waals surface area contributed by atoms with E-state index in [1.165, 1.54) is 12.1 Å². The monoisotopic (exact) mass is 554 g/mol. The molecule has 1 fully saturated rings. The molecule has 13 nitrogen and oxygen atoms in total. The Labute approximate surface area is 227 Å². The Bertz CT molecular complexity index is 1000. The van der Waals surface area contributed by atoms with Gasteiger partial charge in [-0.1, -0.05) is 0 Å². The fraction of sp³-hybridized carbons (Fsp3) is 0.654. The van der Waals surface area contributed by atoms with Gasteiger partial charge in [-0.3, -0.25) is 14.4 Å². The van der Waals surface area contributed by atoms with E-state index < -0.39 is 68.4 Å². The van der Waals surface area contributed by atoms with E-state index in [4.69, 9.17) is 0 Å². The molecule has 3 amide bonds. The fourth-order valence-corrected chi connectivity index (χ4v) is 4.92. The SMILES string of the molecule is CC1(C)CC(NC(=O)c2ccc(C(=O)NC(CO)(CO)CO)cc2C(=O)NC(CO)(CO)CO)CC(C)(C)N1. The van der Waals surface area contributed by atoms with Crippen molar-refractivity contribution in [2.45, 2.75) is 68.7 Å². The molecule has 0 bridgehead atoms. The zero-order chi connectivity index (χ0) is 29.6. The van der Waals surface area contributed by atoms with Gasteiger partial charge in [0.05, 0.1) is 50.8 Å². The van der Waals surface area contributed by atoms with Crippen molar-refractivity contribution < 1.29 is 45.0 Å². The molecule has 0 aliphatic carbocycles. The predicted octanol–water partition coefficient (Wildman–Crippen LogP) is -2.38. The van der Waals surface area contributed by atoms with Crippen LogP contribution in [-0.2, 0) is 0 Å². The highest BCUT2D eigenvalue weighted by molar-refractivity contribution is 6.09. The van der Waals surface area contributed by atoms with E-state index in [1.807, 2.05) is 27.7 Å². The van der Waals surface area contributed by atoms with E-state index >= 15 is 0 Å². The second-order valence-corrected chi connectivity index (χ2v) is 11.6. The molecule has 1 aliphatic rings. The van der Waals surface area contributed by atoms with Crippen molar-refractivity contribution in [2.24, 2.45) is 0 Å². The maximum Gasteiger partial charge on any atom is 0.252 e. The maximum atomic E-state index is 13.4. The third-order valence-corrected chi connectivity index (χ3v) is 6.87. The number of amides is 3. The number of piperidine rings is 1. The van der Waals surface area contributed by atoms with Crippen LogP contribution in [0.1, 0.15) is 71.6 Å². The van der Waals surface area contributed by atoms with Crippen LogP contribution in [-0.4, -0.2) is 116 Å². The molecule has 39 heavy (non-hydrogen) atoms.